The Morgan fingerprint density at radius 1 is 1.24 bits per heavy atom. The maximum absolute atomic E-state index is 11.6. The van der Waals surface area contributed by atoms with Crippen molar-refractivity contribution < 1.29 is 0 Å². The molecule has 1 aromatic heterocycles. The third kappa shape index (κ3) is 2.67. The zero-order valence-electron chi connectivity index (χ0n) is 10.4. The fourth-order valence-corrected chi connectivity index (χ4v) is 1.90. The zero-order valence-corrected chi connectivity index (χ0v) is 10.4. The van der Waals surface area contributed by atoms with Crippen molar-refractivity contribution in [2.75, 3.05) is 0 Å². The molecule has 0 fully saturated rings. The predicted molar refractivity (Wildman–Crippen MR) is 69.7 cm³/mol. The highest BCUT2D eigenvalue weighted by molar-refractivity contribution is 5.34. The summed E-state index contributed by atoms with van der Waals surface area (Å²) in [5.74, 6) is 0. The third-order valence-corrected chi connectivity index (χ3v) is 2.86. The van der Waals surface area contributed by atoms with Crippen LogP contribution in [0.25, 0.3) is 5.69 Å². The van der Waals surface area contributed by atoms with Gasteiger partial charge in [-0.1, -0.05) is 25.5 Å². The average Bonchev–Trinajstić information content (AvgIpc) is 2.66. The number of benzene rings is 1. The van der Waals surface area contributed by atoms with E-state index < -0.39 is 0 Å². The van der Waals surface area contributed by atoms with Crippen LogP contribution in [-0.4, -0.2) is 9.78 Å². The number of aromatic amines is 1. The minimum Gasteiger partial charge on any atom is -0.295 e. The monoisotopic (exact) mass is 230 g/mol. The molecule has 1 aromatic carbocycles. The summed E-state index contributed by atoms with van der Waals surface area (Å²) in [6.07, 6.45) is 3.52. The van der Waals surface area contributed by atoms with Crippen LogP contribution in [0.1, 0.15) is 31.0 Å². The highest BCUT2D eigenvalue weighted by Gasteiger charge is 2.02. The lowest BCUT2D eigenvalue weighted by Crippen LogP contribution is -2.13. The van der Waals surface area contributed by atoms with E-state index in [9.17, 15) is 4.79 Å². The number of rotatable bonds is 4. The fourth-order valence-electron chi connectivity index (χ4n) is 1.90. The molecule has 0 aliphatic carbocycles. The first-order chi connectivity index (χ1) is 8.20. The van der Waals surface area contributed by atoms with Gasteiger partial charge in [-0.15, -0.1) is 0 Å². The van der Waals surface area contributed by atoms with Crippen LogP contribution < -0.4 is 5.56 Å². The van der Waals surface area contributed by atoms with E-state index >= 15 is 0 Å². The number of nitrogens with one attached hydrogen (secondary N) is 1. The molecule has 0 aliphatic heterocycles. The SMILES string of the molecule is CCCCc1ccc(-n2[nH]c(C)cc2=O)cc1. The van der Waals surface area contributed by atoms with Gasteiger partial charge in [0.25, 0.3) is 5.56 Å². The summed E-state index contributed by atoms with van der Waals surface area (Å²) in [6, 6.07) is 9.76. The van der Waals surface area contributed by atoms with Crippen molar-refractivity contribution >= 4 is 0 Å². The summed E-state index contributed by atoms with van der Waals surface area (Å²) in [5, 5.41) is 3.03. The Morgan fingerprint density at radius 2 is 1.94 bits per heavy atom. The molecular formula is C14H18N2O. The summed E-state index contributed by atoms with van der Waals surface area (Å²) in [4.78, 5) is 11.6. The first kappa shape index (κ1) is 11.7. The summed E-state index contributed by atoms with van der Waals surface area (Å²) >= 11 is 0. The van der Waals surface area contributed by atoms with Gasteiger partial charge in [0.2, 0.25) is 0 Å². The molecule has 3 heteroatoms. The van der Waals surface area contributed by atoms with Crippen LogP contribution in [0.3, 0.4) is 0 Å². The number of aromatic nitrogens is 2. The fraction of sp³-hybridized carbons (Fsp3) is 0.357. The van der Waals surface area contributed by atoms with Gasteiger partial charge < -0.3 is 0 Å². The van der Waals surface area contributed by atoms with E-state index in [2.05, 4.69) is 24.2 Å². The number of unbranched alkanes of at least 4 members (excludes halogenated alkanes) is 1. The van der Waals surface area contributed by atoms with Gasteiger partial charge in [-0.3, -0.25) is 9.89 Å². The molecule has 0 saturated carbocycles. The molecule has 0 atom stereocenters. The van der Waals surface area contributed by atoms with Gasteiger partial charge in [-0.25, -0.2) is 4.68 Å². The molecule has 0 bridgehead atoms. The van der Waals surface area contributed by atoms with E-state index in [1.54, 1.807) is 10.7 Å². The normalized spacial score (nSPS) is 10.7. The minimum atomic E-state index is -0.0104. The Hall–Kier alpha value is -1.77. The van der Waals surface area contributed by atoms with E-state index in [0.29, 0.717) is 0 Å². The third-order valence-electron chi connectivity index (χ3n) is 2.86. The smallest absolute Gasteiger partial charge is 0.271 e. The Kier molecular flexibility index (Phi) is 3.47. The number of hydrogen-bond acceptors (Lipinski definition) is 1. The summed E-state index contributed by atoms with van der Waals surface area (Å²) < 4.78 is 1.57. The highest BCUT2D eigenvalue weighted by atomic mass is 16.1. The molecule has 1 heterocycles. The van der Waals surface area contributed by atoms with E-state index in [1.165, 1.54) is 18.4 Å². The van der Waals surface area contributed by atoms with Crippen molar-refractivity contribution in [2.24, 2.45) is 0 Å². The van der Waals surface area contributed by atoms with Crippen molar-refractivity contribution in [1.29, 1.82) is 0 Å². The van der Waals surface area contributed by atoms with Gasteiger partial charge in [-0.2, -0.15) is 0 Å². The first-order valence-electron chi connectivity index (χ1n) is 6.08. The number of hydrogen-bond donors (Lipinski definition) is 1. The molecule has 0 amide bonds. The summed E-state index contributed by atoms with van der Waals surface area (Å²) in [6.45, 7) is 4.07. The Balaban J connectivity index is 2.23. The van der Waals surface area contributed by atoms with Crippen molar-refractivity contribution in [3.63, 3.8) is 0 Å². The van der Waals surface area contributed by atoms with Crippen LogP contribution in [0, 0.1) is 6.92 Å². The topological polar surface area (TPSA) is 37.8 Å². The predicted octanol–water partition coefficient (Wildman–Crippen LogP) is 2.82. The molecule has 90 valence electrons. The van der Waals surface area contributed by atoms with E-state index in [-0.39, 0.29) is 5.56 Å². The number of H-pyrrole nitrogens is 1. The molecule has 17 heavy (non-hydrogen) atoms. The average molecular weight is 230 g/mol. The van der Waals surface area contributed by atoms with Crippen molar-refractivity contribution in [2.45, 2.75) is 33.1 Å². The lowest BCUT2D eigenvalue weighted by molar-refractivity contribution is 0.792. The Morgan fingerprint density at radius 3 is 2.47 bits per heavy atom. The van der Waals surface area contributed by atoms with Crippen LogP contribution in [0.5, 0.6) is 0 Å². The second-order valence-corrected chi connectivity index (χ2v) is 4.38. The van der Waals surface area contributed by atoms with Crippen LogP contribution in [0.15, 0.2) is 35.1 Å². The Labute approximate surface area is 101 Å². The van der Waals surface area contributed by atoms with Crippen LogP contribution in [0.2, 0.25) is 0 Å². The second-order valence-electron chi connectivity index (χ2n) is 4.38. The molecule has 0 radical (unpaired) electrons. The Bertz CT molecular complexity index is 534. The van der Waals surface area contributed by atoms with Crippen LogP contribution >= 0.6 is 0 Å². The van der Waals surface area contributed by atoms with E-state index in [0.717, 1.165) is 17.8 Å². The van der Waals surface area contributed by atoms with Gasteiger partial charge in [0.15, 0.2) is 0 Å². The lowest BCUT2D eigenvalue weighted by Gasteiger charge is -2.04. The summed E-state index contributed by atoms with van der Waals surface area (Å²) in [5.41, 5.74) is 3.09. The van der Waals surface area contributed by atoms with Crippen LogP contribution in [-0.2, 0) is 6.42 Å². The molecule has 2 aromatic rings. The first-order valence-corrected chi connectivity index (χ1v) is 6.08. The number of nitrogens with zero attached hydrogens (tertiary/aromatic N) is 1. The molecule has 2 rings (SSSR count). The van der Waals surface area contributed by atoms with Crippen molar-refractivity contribution in [3.8, 4) is 5.69 Å². The molecule has 0 saturated heterocycles. The maximum atomic E-state index is 11.6. The largest absolute Gasteiger partial charge is 0.295 e. The standard InChI is InChI=1S/C14H18N2O/c1-3-4-5-12-6-8-13(9-7-12)16-14(17)10-11(2)15-16/h6-10,15H,3-5H2,1-2H3. The molecule has 0 unspecified atom stereocenters. The van der Waals surface area contributed by atoms with Gasteiger partial charge in [-0.05, 0) is 37.5 Å². The quantitative estimate of drug-likeness (QED) is 0.861. The number of aryl methyl sites for hydroxylation is 2. The molecule has 1 N–H and O–H groups in total. The molecular weight excluding hydrogens is 212 g/mol. The van der Waals surface area contributed by atoms with Gasteiger partial charge in [0.05, 0.1) is 5.69 Å². The summed E-state index contributed by atoms with van der Waals surface area (Å²) in [7, 11) is 0. The zero-order chi connectivity index (χ0) is 12.3. The molecule has 0 aliphatic rings. The second kappa shape index (κ2) is 5.04. The lowest BCUT2D eigenvalue weighted by atomic mass is 10.1. The van der Waals surface area contributed by atoms with Gasteiger partial charge >= 0.3 is 0 Å². The molecule has 0 spiro atoms. The minimum absolute atomic E-state index is 0.0104. The van der Waals surface area contributed by atoms with Crippen LogP contribution in [0.4, 0.5) is 0 Å². The molecule has 3 nitrogen and oxygen atoms in total. The van der Waals surface area contributed by atoms with E-state index in [4.69, 9.17) is 0 Å². The van der Waals surface area contributed by atoms with Crippen molar-refractivity contribution in [1.82, 2.24) is 9.78 Å². The van der Waals surface area contributed by atoms with Gasteiger partial charge in [0.1, 0.15) is 0 Å². The maximum Gasteiger partial charge on any atom is 0.271 e. The van der Waals surface area contributed by atoms with Crippen molar-refractivity contribution in [3.05, 3.63) is 51.9 Å². The highest BCUT2D eigenvalue weighted by Crippen LogP contribution is 2.10. The van der Waals surface area contributed by atoms with Gasteiger partial charge in [0, 0.05) is 11.8 Å². The van der Waals surface area contributed by atoms with E-state index in [1.807, 2.05) is 19.1 Å².